The highest BCUT2D eigenvalue weighted by Gasteiger charge is 2.34. The van der Waals surface area contributed by atoms with Crippen molar-refractivity contribution in [1.29, 1.82) is 0 Å². The number of hydrogen-bond donors (Lipinski definition) is 2. The van der Waals surface area contributed by atoms with Crippen LogP contribution in [-0.2, 0) is 4.32 Å². The zero-order chi connectivity index (χ0) is 24.1. The van der Waals surface area contributed by atoms with Crippen LogP contribution in [0, 0.1) is 0 Å². The maximum atomic E-state index is 13.1. The predicted molar refractivity (Wildman–Crippen MR) is 136 cm³/mol. The third-order valence-electron chi connectivity index (χ3n) is 5.78. The molecule has 1 amide bonds. The number of H-pyrrole nitrogens is 1. The molecule has 2 N–H and O–H groups in total. The van der Waals surface area contributed by atoms with Crippen LogP contribution in [0.1, 0.15) is 45.8 Å². The summed E-state index contributed by atoms with van der Waals surface area (Å²) in [6.45, 7) is 1.89. The maximum absolute atomic E-state index is 13.1. The number of alkyl halides is 1. The Labute approximate surface area is 207 Å². The Balaban J connectivity index is 1.74. The first-order chi connectivity index (χ1) is 16.5. The van der Waals surface area contributed by atoms with Gasteiger partial charge in [0.05, 0.1) is 20.3 Å². The first kappa shape index (κ1) is 23.6. The SMILES string of the molecule is COc1ccc(C(Br)(c2ccc(OC)cc2)c2cccc(C(=O)NC(C)c3ncc[nH]3)c2)cc1. The zero-order valence-electron chi connectivity index (χ0n) is 19.2. The van der Waals surface area contributed by atoms with Gasteiger partial charge >= 0.3 is 0 Å². The lowest BCUT2D eigenvalue weighted by molar-refractivity contribution is 0.0938. The van der Waals surface area contributed by atoms with Crippen LogP contribution in [0.25, 0.3) is 0 Å². The monoisotopic (exact) mass is 519 g/mol. The summed E-state index contributed by atoms with van der Waals surface area (Å²) in [5.41, 5.74) is 3.47. The Morgan fingerprint density at radius 2 is 1.53 bits per heavy atom. The van der Waals surface area contributed by atoms with Crippen molar-refractivity contribution in [3.8, 4) is 11.5 Å². The van der Waals surface area contributed by atoms with Gasteiger partial charge in [-0.05, 0) is 60.0 Å². The summed E-state index contributed by atoms with van der Waals surface area (Å²) < 4.78 is 10.00. The summed E-state index contributed by atoms with van der Waals surface area (Å²) in [5, 5.41) is 3.01. The number of methoxy groups -OCH3 is 2. The Morgan fingerprint density at radius 3 is 2.03 bits per heavy atom. The third-order valence-corrected chi connectivity index (χ3v) is 7.15. The van der Waals surface area contributed by atoms with E-state index < -0.39 is 4.32 Å². The van der Waals surface area contributed by atoms with Crippen molar-refractivity contribution in [3.05, 3.63) is 113 Å². The van der Waals surface area contributed by atoms with E-state index in [1.807, 2.05) is 79.7 Å². The predicted octanol–water partition coefficient (Wildman–Crippen LogP) is 5.60. The van der Waals surface area contributed by atoms with Crippen molar-refractivity contribution >= 4 is 21.8 Å². The van der Waals surface area contributed by atoms with Gasteiger partial charge in [-0.1, -0.05) is 52.3 Å². The lowest BCUT2D eigenvalue weighted by atomic mass is 9.84. The molecular weight excluding hydrogens is 494 g/mol. The first-order valence-corrected chi connectivity index (χ1v) is 11.6. The fraction of sp³-hybridized carbons (Fsp3) is 0.185. The van der Waals surface area contributed by atoms with Crippen LogP contribution in [0.2, 0.25) is 0 Å². The van der Waals surface area contributed by atoms with E-state index in [0.29, 0.717) is 11.4 Å². The molecule has 4 aromatic rings. The molecule has 7 heteroatoms. The van der Waals surface area contributed by atoms with Crippen molar-refractivity contribution in [2.24, 2.45) is 0 Å². The van der Waals surface area contributed by atoms with Crippen LogP contribution in [0.15, 0.2) is 85.2 Å². The second kappa shape index (κ2) is 10.1. The third kappa shape index (κ3) is 4.70. The normalized spacial score (nSPS) is 12.1. The standard InChI is InChI=1S/C27H26BrN3O3/c1-18(25-29-15-16-30-25)31-26(32)19-5-4-6-22(17-19)27(28,20-7-11-23(33-2)12-8-20)21-9-13-24(34-3)14-10-21/h4-18H,1-3H3,(H,29,30)(H,31,32). The molecular formula is C27H26BrN3O3. The number of nitrogens with one attached hydrogen (secondary N) is 2. The minimum atomic E-state index is -0.700. The molecule has 1 heterocycles. The number of rotatable bonds is 8. The van der Waals surface area contributed by atoms with Gasteiger partial charge in [0.1, 0.15) is 21.6 Å². The van der Waals surface area contributed by atoms with Crippen LogP contribution < -0.4 is 14.8 Å². The molecule has 0 fully saturated rings. The summed E-state index contributed by atoms with van der Waals surface area (Å²) in [5.74, 6) is 2.07. The number of hydrogen-bond acceptors (Lipinski definition) is 4. The number of ether oxygens (including phenoxy) is 2. The van der Waals surface area contributed by atoms with Crippen LogP contribution in [0.3, 0.4) is 0 Å². The van der Waals surface area contributed by atoms with Gasteiger partial charge in [0.25, 0.3) is 5.91 Å². The van der Waals surface area contributed by atoms with Gasteiger partial charge in [-0.3, -0.25) is 4.79 Å². The molecule has 1 atom stereocenters. The second-order valence-corrected chi connectivity index (χ2v) is 9.06. The van der Waals surface area contributed by atoms with E-state index in [9.17, 15) is 4.79 Å². The molecule has 34 heavy (non-hydrogen) atoms. The van der Waals surface area contributed by atoms with E-state index in [2.05, 4.69) is 31.2 Å². The van der Waals surface area contributed by atoms with Crippen molar-refractivity contribution in [1.82, 2.24) is 15.3 Å². The van der Waals surface area contributed by atoms with Crippen LogP contribution in [0.5, 0.6) is 11.5 Å². The lowest BCUT2D eigenvalue weighted by Crippen LogP contribution is -2.28. The Hall–Kier alpha value is -3.58. The van der Waals surface area contributed by atoms with Gasteiger partial charge < -0.3 is 19.8 Å². The molecule has 1 aromatic heterocycles. The fourth-order valence-corrected chi connectivity index (χ4v) is 4.65. The second-order valence-electron chi connectivity index (χ2n) is 7.87. The summed E-state index contributed by atoms with van der Waals surface area (Å²) in [4.78, 5) is 20.3. The minimum absolute atomic E-state index is 0.176. The Morgan fingerprint density at radius 1 is 0.941 bits per heavy atom. The van der Waals surface area contributed by atoms with Crippen LogP contribution >= 0.6 is 15.9 Å². The number of aromatic amines is 1. The van der Waals surface area contributed by atoms with Gasteiger partial charge in [-0.15, -0.1) is 0 Å². The van der Waals surface area contributed by atoms with Crippen LogP contribution in [0.4, 0.5) is 0 Å². The highest BCUT2D eigenvalue weighted by atomic mass is 79.9. The average molecular weight is 520 g/mol. The highest BCUT2D eigenvalue weighted by molar-refractivity contribution is 9.10. The van der Waals surface area contributed by atoms with E-state index in [0.717, 1.165) is 28.2 Å². The van der Waals surface area contributed by atoms with Gasteiger partial charge in [0.15, 0.2) is 0 Å². The minimum Gasteiger partial charge on any atom is -0.497 e. The van der Waals surface area contributed by atoms with E-state index >= 15 is 0 Å². The molecule has 1 unspecified atom stereocenters. The van der Waals surface area contributed by atoms with Crippen LogP contribution in [-0.4, -0.2) is 30.1 Å². The Kier molecular flexibility index (Phi) is 7.03. The maximum Gasteiger partial charge on any atom is 0.251 e. The zero-order valence-corrected chi connectivity index (χ0v) is 20.8. The molecule has 0 saturated heterocycles. The topological polar surface area (TPSA) is 76.2 Å². The van der Waals surface area contributed by atoms with Gasteiger partial charge in [0.2, 0.25) is 0 Å². The summed E-state index contributed by atoms with van der Waals surface area (Å²) in [6, 6.07) is 23.2. The number of amides is 1. The molecule has 0 aliphatic rings. The molecule has 0 aliphatic carbocycles. The van der Waals surface area contributed by atoms with E-state index in [-0.39, 0.29) is 11.9 Å². The lowest BCUT2D eigenvalue weighted by Gasteiger charge is -2.30. The van der Waals surface area contributed by atoms with Crippen molar-refractivity contribution in [3.63, 3.8) is 0 Å². The van der Waals surface area contributed by atoms with Crippen molar-refractivity contribution in [2.75, 3.05) is 14.2 Å². The summed E-state index contributed by atoms with van der Waals surface area (Å²) in [7, 11) is 3.29. The molecule has 4 rings (SSSR count). The van der Waals surface area contributed by atoms with E-state index in [1.54, 1.807) is 26.6 Å². The summed E-state index contributed by atoms with van der Waals surface area (Å²) >= 11 is 4.04. The number of halogens is 1. The molecule has 0 radical (unpaired) electrons. The molecule has 6 nitrogen and oxygen atoms in total. The number of aromatic nitrogens is 2. The van der Waals surface area contributed by atoms with E-state index in [4.69, 9.17) is 9.47 Å². The summed E-state index contributed by atoms with van der Waals surface area (Å²) in [6.07, 6.45) is 3.41. The highest BCUT2D eigenvalue weighted by Crippen LogP contribution is 2.45. The fourth-order valence-electron chi connectivity index (χ4n) is 3.88. The van der Waals surface area contributed by atoms with Crippen molar-refractivity contribution in [2.45, 2.75) is 17.3 Å². The number of carbonyl (C=O) groups excluding carboxylic acids is 1. The van der Waals surface area contributed by atoms with Crippen molar-refractivity contribution < 1.29 is 14.3 Å². The number of carbonyl (C=O) groups is 1. The largest absolute Gasteiger partial charge is 0.497 e. The molecule has 0 spiro atoms. The van der Waals surface area contributed by atoms with Gasteiger partial charge in [-0.25, -0.2) is 4.98 Å². The van der Waals surface area contributed by atoms with Gasteiger partial charge in [-0.2, -0.15) is 0 Å². The molecule has 0 aliphatic heterocycles. The number of nitrogens with zero attached hydrogens (tertiary/aromatic N) is 1. The average Bonchev–Trinajstić information content (AvgIpc) is 3.44. The Bertz CT molecular complexity index is 1190. The molecule has 0 bridgehead atoms. The quantitative estimate of drug-likeness (QED) is 0.234. The molecule has 0 saturated carbocycles. The van der Waals surface area contributed by atoms with Gasteiger partial charge in [0, 0.05) is 18.0 Å². The first-order valence-electron chi connectivity index (χ1n) is 10.8. The number of benzene rings is 3. The molecule has 3 aromatic carbocycles. The van der Waals surface area contributed by atoms with E-state index in [1.165, 1.54) is 0 Å². The molecule has 174 valence electrons. The number of imidazole rings is 1. The smallest absolute Gasteiger partial charge is 0.251 e.